The van der Waals surface area contributed by atoms with Crippen LogP contribution in [0.15, 0.2) is 55.1 Å². The van der Waals surface area contributed by atoms with E-state index in [0.717, 1.165) is 16.6 Å². The summed E-state index contributed by atoms with van der Waals surface area (Å²) in [5.41, 5.74) is 0.546. The highest BCUT2D eigenvalue weighted by Gasteiger charge is 2.32. The van der Waals surface area contributed by atoms with E-state index >= 15 is 0 Å². The second-order valence-corrected chi connectivity index (χ2v) is 8.46. The van der Waals surface area contributed by atoms with Gasteiger partial charge in [0, 0.05) is 11.8 Å². The molecule has 0 bridgehead atoms. The van der Waals surface area contributed by atoms with Crippen LogP contribution in [0.5, 0.6) is 5.75 Å². The lowest BCUT2D eigenvalue weighted by Crippen LogP contribution is -2.47. The third-order valence-electron chi connectivity index (χ3n) is 3.96. The van der Waals surface area contributed by atoms with Crippen molar-refractivity contribution < 1.29 is 22.3 Å². The van der Waals surface area contributed by atoms with Gasteiger partial charge in [0.25, 0.3) is 0 Å². The molecule has 1 N–H and O–H groups in total. The lowest BCUT2D eigenvalue weighted by Gasteiger charge is -2.30. The van der Waals surface area contributed by atoms with Gasteiger partial charge in [-0.3, -0.25) is 9.10 Å². The summed E-state index contributed by atoms with van der Waals surface area (Å²) >= 11 is 5.81. The van der Waals surface area contributed by atoms with Gasteiger partial charge >= 0.3 is 0 Å². The minimum absolute atomic E-state index is 0.101. The highest BCUT2D eigenvalue weighted by Crippen LogP contribution is 2.28. The second-order valence-electron chi connectivity index (χ2n) is 6.20. The van der Waals surface area contributed by atoms with Crippen molar-refractivity contribution in [1.29, 1.82) is 0 Å². The Morgan fingerprint density at radius 1 is 1.34 bits per heavy atom. The molecule has 0 saturated heterocycles. The van der Waals surface area contributed by atoms with E-state index in [4.69, 9.17) is 16.3 Å². The molecule has 0 fully saturated rings. The maximum atomic E-state index is 13.5. The summed E-state index contributed by atoms with van der Waals surface area (Å²) < 4.78 is 44.8. The highest BCUT2D eigenvalue weighted by atomic mass is 35.5. The minimum Gasteiger partial charge on any atom is -0.489 e. The summed E-state index contributed by atoms with van der Waals surface area (Å²) in [6.07, 6.45) is 2.75. The van der Waals surface area contributed by atoms with E-state index in [2.05, 4.69) is 11.9 Å². The van der Waals surface area contributed by atoms with Gasteiger partial charge in [0.1, 0.15) is 24.2 Å². The van der Waals surface area contributed by atoms with E-state index in [0.29, 0.717) is 18.0 Å². The molecule has 2 aromatic carbocycles. The number of nitrogens with one attached hydrogen (secondary N) is 1. The summed E-state index contributed by atoms with van der Waals surface area (Å²) in [6.45, 7) is 5.56. The number of anilines is 2. The van der Waals surface area contributed by atoms with Gasteiger partial charge in [0.2, 0.25) is 15.9 Å². The average molecular weight is 441 g/mol. The summed E-state index contributed by atoms with van der Waals surface area (Å²) in [4.78, 5) is 12.9. The number of amides is 1. The van der Waals surface area contributed by atoms with Crippen molar-refractivity contribution in [3.63, 3.8) is 0 Å². The van der Waals surface area contributed by atoms with E-state index in [1.165, 1.54) is 12.1 Å². The van der Waals surface area contributed by atoms with E-state index in [9.17, 15) is 17.6 Å². The molecule has 29 heavy (non-hydrogen) atoms. The van der Waals surface area contributed by atoms with Gasteiger partial charge in [-0.15, -0.1) is 0 Å². The minimum atomic E-state index is -3.86. The number of ether oxygens (including phenoxy) is 1. The molecule has 0 aliphatic rings. The van der Waals surface area contributed by atoms with E-state index in [1.807, 2.05) is 0 Å². The zero-order valence-electron chi connectivity index (χ0n) is 16.1. The largest absolute Gasteiger partial charge is 0.489 e. The van der Waals surface area contributed by atoms with Crippen molar-refractivity contribution in [3.8, 4) is 5.75 Å². The van der Waals surface area contributed by atoms with Crippen molar-refractivity contribution >= 4 is 38.9 Å². The van der Waals surface area contributed by atoms with Crippen LogP contribution < -0.4 is 14.4 Å². The first-order valence-electron chi connectivity index (χ1n) is 8.76. The van der Waals surface area contributed by atoms with Crippen LogP contribution in [-0.2, 0) is 14.8 Å². The molecule has 0 saturated carbocycles. The lowest BCUT2D eigenvalue weighted by molar-refractivity contribution is -0.117. The number of carbonyl (C=O) groups is 1. The van der Waals surface area contributed by atoms with Crippen molar-refractivity contribution in [2.24, 2.45) is 0 Å². The third-order valence-corrected chi connectivity index (χ3v) is 5.43. The number of carbonyl (C=O) groups excluding carboxylic acids is 1. The van der Waals surface area contributed by atoms with E-state index in [-0.39, 0.29) is 17.1 Å². The molecule has 6 nitrogen and oxygen atoms in total. The van der Waals surface area contributed by atoms with Gasteiger partial charge in [-0.05, 0) is 36.8 Å². The molecule has 1 amide bonds. The van der Waals surface area contributed by atoms with Crippen LogP contribution in [0.4, 0.5) is 15.8 Å². The van der Waals surface area contributed by atoms with Gasteiger partial charge in [-0.2, -0.15) is 0 Å². The Hall–Kier alpha value is -2.58. The van der Waals surface area contributed by atoms with E-state index in [1.54, 1.807) is 37.3 Å². The Balaban J connectivity index is 2.33. The maximum absolute atomic E-state index is 13.5. The van der Waals surface area contributed by atoms with Crippen LogP contribution in [0.25, 0.3) is 0 Å². The summed E-state index contributed by atoms with van der Waals surface area (Å²) in [5, 5.41) is 2.46. The Morgan fingerprint density at radius 2 is 2.07 bits per heavy atom. The molecule has 0 unspecified atom stereocenters. The highest BCUT2D eigenvalue weighted by molar-refractivity contribution is 7.92. The SMILES string of the molecule is C=CCOc1cccc(NC(=O)[C@@H](CC)N(c2ccc(F)c(Cl)c2)S(C)(=O)=O)c1. The number of hydrogen-bond donors (Lipinski definition) is 1. The van der Waals surface area contributed by atoms with Gasteiger partial charge in [-0.25, -0.2) is 12.8 Å². The summed E-state index contributed by atoms with van der Waals surface area (Å²) in [7, 11) is -3.86. The van der Waals surface area contributed by atoms with Gasteiger partial charge in [-0.1, -0.05) is 37.2 Å². The quantitative estimate of drug-likeness (QED) is 0.592. The normalized spacial score (nSPS) is 12.1. The Kier molecular flexibility index (Phi) is 7.64. The van der Waals surface area contributed by atoms with Crippen LogP contribution in [-0.4, -0.2) is 33.2 Å². The fraction of sp³-hybridized carbons (Fsp3) is 0.250. The molecule has 2 rings (SSSR count). The number of halogens is 2. The molecule has 0 heterocycles. The third kappa shape index (κ3) is 5.95. The van der Waals surface area contributed by atoms with Crippen molar-refractivity contribution in [2.45, 2.75) is 19.4 Å². The van der Waals surface area contributed by atoms with Gasteiger partial charge in [0.15, 0.2) is 0 Å². The first kappa shape index (κ1) is 22.7. The molecule has 0 aromatic heterocycles. The molecule has 1 atom stereocenters. The zero-order chi connectivity index (χ0) is 21.6. The fourth-order valence-electron chi connectivity index (χ4n) is 2.73. The molecule has 0 spiro atoms. The van der Waals surface area contributed by atoms with Crippen LogP contribution in [0.3, 0.4) is 0 Å². The smallest absolute Gasteiger partial charge is 0.248 e. The molecule has 0 aliphatic carbocycles. The molecule has 0 aliphatic heterocycles. The topological polar surface area (TPSA) is 75.7 Å². The van der Waals surface area contributed by atoms with Crippen LogP contribution in [0.1, 0.15) is 13.3 Å². The maximum Gasteiger partial charge on any atom is 0.248 e. The first-order chi connectivity index (χ1) is 13.7. The first-order valence-corrected chi connectivity index (χ1v) is 11.0. The van der Waals surface area contributed by atoms with Crippen molar-refractivity contribution in [2.75, 3.05) is 22.5 Å². The number of hydrogen-bond acceptors (Lipinski definition) is 4. The molecule has 2 aromatic rings. The van der Waals surface area contributed by atoms with Crippen LogP contribution in [0, 0.1) is 5.82 Å². The number of rotatable bonds is 9. The predicted molar refractivity (Wildman–Crippen MR) is 114 cm³/mol. The Bertz CT molecular complexity index is 998. The second kappa shape index (κ2) is 9.76. The lowest BCUT2D eigenvalue weighted by atomic mass is 10.1. The number of nitrogens with zero attached hydrogens (tertiary/aromatic N) is 1. The molecule has 156 valence electrons. The molecular formula is C20H22ClFN2O4S. The van der Waals surface area contributed by atoms with Crippen LogP contribution in [0.2, 0.25) is 5.02 Å². The molecular weight excluding hydrogens is 419 g/mol. The van der Waals surface area contributed by atoms with Gasteiger partial charge in [0.05, 0.1) is 17.0 Å². The predicted octanol–water partition coefficient (Wildman–Crippen LogP) is 4.23. The van der Waals surface area contributed by atoms with E-state index < -0.39 is 27.8 Å². The monoisotopic (exact) mass is 440 g/mol. The number of benzene rings is 2. The Morgan fingerprint density at radius 3 is 2.66 bits per heavy atom. The molecule has 9 heteroatoms. The van der Waals surface area contributed by atoms with Crippen LogP contribution >= 0.6 is 11.6 Å². The number of sulfonamides is 1. The average Bonchev–Trinajstić information content (AvgIpc) is 2.66. The zero-order valence-corrected chi connectivity index (χ0v) is 17.6. The van der Waals surface area contributed by atoms with Gasteiger partial charge < -0.3 is 10.1 Å². The fourth-order valence-corrected chi connectivity index (χ4v) is 4.11. The summed E-state index contributed by atoms with van der Waals surface area (Å²) in [6, 6.07) is 9.13. The van der Waals surface area contributed by atoms with Crippen molar-refractivity contribution in [3.05, 3.63) is 66.0 Å². The molecule has 0 radical (unpaired) electrons. The van der Waals surface area contributed by atoms with Crippen molar-refractivity contribution in [1.82, 2.24) is 0 Å². The summed E-state index contributed by atoms with van der Waals surface area (Å²) in [5.74, 6) is -0.696. The Labute approximate surface area is 175 Å². The standard InChI is InChI=1S/C20H22ClFN2O4S/c1-4-11-28-16-8-6-7-14(12-16)23-20(25)19(5-2)24(29(3,26)27)15-9-10-18(22)17(21)13-15/h4,6-10,12-13,19H,1,5,11H2,2-3H3,(H,23,25)/t19-/m1/s1.